The minimum Gasteiger partial charge on any atom is -0.493 e. The summed E-state index contributed by atoms with van der Waals surface area (Å²) in [7, 11) is 1.41. The highest BCUT2D eigenvalue weighted by molar-refractivity contribution is 5.92. The van der Waals surface area contributed by atoms with Gasteiger partial charge < -0.3 is 35.2 Å². The van der Waals surface area contributed by atoms with Crippen molar-refractivity contribution in [3.05, 3.63) is 83.4 Å². The maximum atomic E-state index is 12.7. The number of methoxy groups -OCH3 is 1. The summed E-state index contributed by atoms with van der Waals surface area (Å²) in [4.78, 5) is 36.9. The van der Waals surface area contributed by atoms with E-state index in [2.05, 4.69) is 0 Å². The Balaban J connectivity index is 1.31. The number of esters is 3. The molecule has 4 N–H and O–H groups in total. The number of rotatable bonds is 19. The second-order valence-corrected chi connectivity index (χ2v) is 11.0. The van der Waals surface area contributed by atoms with Gasteiger partial charge in [0.2, 0.25) is 0 Å². The van der Waals surface area contributed by atoms with Crippen LogP contribution in [0.3, 0.4) is 0 Å². The fourth-order valence-electron chi connectivity index (χ4n) is 4.50. The van der Waals surface area contributed by atoms with Gasteiger partial charge >= 0.3 is 24.1 Å². The number of ether oxygens (including phenoxy) is 5. The Hall–Kier alpha value is -5.20. The highest BCUT2D eigenvalue weighted by atomic mass is 19.4. The monoisotopic (exact) mass is 686 g/mol. The Kier molecular flexibility index (Phi) is 15.3. The number of benzene rings is 3. The molecule has 0 amide bonds. The summed E-state index contributed by atoms with van der Waals surface area (Å²) in [5.41, 5.74) is 13.4. The summed E-state index contributed by atoms with van der Waals surface area (Å²) in [6, 6.07) is 15.6. The number of hydrogen-bond acceptors (Lipinski definition) is 10. The Morgan fingerprint density at radius 2 is 1.33 bits per heavy atom. The average molecular weight is 687 g/mol. The number of carbonyl (C=O) groups excluding carboxylic acids is 3. The third-order valence-corrected chi connectivity index (χ3v) is 6.99. The van der Waals surface area contributed by atoms with E-state index in [9.17, 15) is 27.6 Å². The first kappa shape index (κ1) is 38.2. The number of nitrogen functional groups attached to an aromatic ring is 2. The second kappa shape index (κ2) is 19.6. The van der Waals surface area contributed by atoms with Gasteiger partial charge in [0.05, 0.1) is 38.1 Å². The van der Waals surface area contributed by atoms with Gasteiger partial charge in [0.25, 0.3) is 0 Å². The zero-order valence-electron chi connectivity index (χ0n) is 27.3. The van der Waals surface area contributed by atoms with Crippen LogP contribution >= 0.6 is 0 Å². The van der Waals surface area contributed by atoms with Crippen molar-refractivity contribution in [2.24, 2.45) is 0 Å². The molecule has 0 unspecified atom stereocenters. The third-order valence-electron chi connectivity index (χ3n) is 6.99. The van der Waals surface area contributed by atoms with Crippen LogP contribution in [-0.2, 0) is 14.3 Å². The lowest BCUT2D eigenvalue weighted by Gasteiger charge is -2.12. The molecule has 0 spiro atoms. The summed E-state index contributed by atoms with van der Waals surface area (Å²) < 4.78 is 63.6. The van der Waals surface area contributed by atoms with Crippen LogP contribution in [0.1, 0.15) is 77.6 Å². The molecule has 0 saturated carbocycles. The van der Waals surface area contributed by atoms with Crippen LogP contribution in [0.5, 0.6) is 17.2 Å². The highest BCUT2D eigenvalue weighted by Gasteiger charge is 2.25. The molecule has 0 heterocycles. The topological polar surface area (TPSA) is 149 Å². The molecule has 0 saturated heterocycles. The maximum absolute atomic E-state index is 12.7. The lowest BCUT2D eigenvalue weighted by Crippen LogP contribution is -2.09. The molecule has 0 radical (unpaired) electrons. The summed E-state index contributed by atoms with van der Waals surface area (Å²) in [5.74, 6) is -0.668. The van der Waals surface area contributed by atoms with E-state index in [0.29, 0.717) is 53.9 Å². The Morgan fingerprint density at radius 3 is 1.98 bits per heavy atom. The van der Waals surface area contributed by atoms with E-state index >= 15 is 0 Å². The molecule has 0 aromatic heterocycles. The largest absolute Gasteiger partial charge is 0.493 e. The minimum atomic E-state index is -4.16. The van der Waals surface area contributed by atoms with E-state index in [-0.39, 0.29) is 43.3 Å². The van der Waals surface area contributed by atoms with E-state index in [4.69, 9.17) is 35.2 Å². The number of carbonyl (C=O) groups is 3. The predicted octanol–water partition coefficient (Wildman–Crippen LogP) is 7.55. The summed E-state index contributed by atoms with van der Waals surface area (Å²) in [6.07, 6.45) is 1.68. The van der Waals surface area contributed by atoms with E-state index < -0.39 is 30.5 Å². The fourth-order valence-corrected chi connectivity index (χ4v) is 4.50. The molecule has 0 atom stereocenters. The second-order valence-electron chi connectivity index (χ2n) is 11.0. The van der Waals surface area contributed by atoms with Crippen molar-refractivity contribution in [1.29, 1.82) is 0 Å². The lowest BCUT2D eigenvalue weighted by atomic mass is 10.2. The van der Waals surface area contributed by atoms with Crippen LogP contribution in [-0.4, -0.2) is 51.0 Å². The van der Waals surface area contributed by atoms with Crippen molar-refractivity contribution in [2.45, 2.75) is 57.5 Å². The van der Waals surface area contributed by atoms with Crippen molar-refractivity contribution < 1.29 is 51.2 Å². The summed E-state index contributed by atoms with van der Waals surface area (Å²) in [5, 5.41) is 0. The molecule has 3 aromatic carbocycles. The molecule has 13 heteroatoms. The summed E-state index contributed by atoms with van der Waals surface area (Å²) >= 11 is 0. The first-order chi connectivity index (χ1) is 23.4. The molecule has 0 bridgehead atoms. The maximum Gasteiger partial charge on any atom is 0.389 e. The van der Waals surface area contributed by atoms with Gasteiger partial charge in [0, 0.05) is 23.9 Å². The average Bonchev–Trinajstić information content (AvgIpc) is 3.06. The molecule has 3 rings (SSSR count). The first-order valence-corrected chi connectivity index (χ1v) is 15.8. The number of nitrogens with two attached hydrogens (primary N) is 2. The molecular formula is C36H41F3N2O8. The van der Waals surface area contributed by atoms with Gasteiger partial charge in [-0.05, 0) is 105 Å². The van der Waals surface area contributed by atoms with E-state index in [1.807, 2.05) is 0 Å². The molecule has 0 fully saturated rings. The van der Waals surface area contributed by atoms with Crippen LogP contribution in [0.4, 0.5) is 24.5 Å². The minimum absolute atomic E-state index is 0.0364. The highest BCUT2D eigenvalue weighted by Crippen LogP contribution is 2.29. The van der Waals surface area contributed by atoms with Crippen LogP contribution in [0.15, 0.2) is 66.7 Å². The molecule has 0 aliphatic carbocycles. The van der Waals surface area contributed by atoms with Gasteiger partial charge in [-0.3, -0.25) is 0 Å². The molecular weight excluding hydrogens is 645 g/mol. The van der Waals surface area contributed by atoms with Crippen molar-refractivity contribution in [3.63, 3.8) is 0 Å². The number of hydrogen-bond donors (Lipinski definition) is 2. The van der Waals surface area contributed by atoms with Gasteiger partial charge in [-0.2, -0.15) is 13.2 Å². The zero-order chi connectivity index (χ0) is 35.6. The smallest absolute Gasteiger partial charge is 0.389 e. The van der Waals surface area contributed by atoms with E-state index in [0.717, 1.165) is 12.8 Å². The third kappa shape index (κ3) is 14.6. The van der Waals surface area contributed by atoms with E-state index in [1.165, 1.54) is 37.5 Å². The van der Waals surface area contributed by atoms with Crippen LogP contribution in [0.25, 0.3) is 6.08 Å². The van der Waals surface area contributed by atoms with Gasteiger partial charge in [-0.25, -0.2) is 14.4 Å². The Labute approximate surface area is 283 Å². The van der Waals surface area contributed by atoms with Crippen molar-refractivity contribution in [1.82, 2.24) is 0 Å². The van der Waals surface area contributed by atoms with Gasteiger partial charge in [0.15, 0.2) is 11.5 Å². The number of unbranched alkanes of at least 4 members (excludes halogenated alkanes) is 5. The lowest BCUT2D eigenvalue weighted by molar-refractivity contribution is -0.138. The van der Waals surface area contributed by atoms with Crippen LogP contribution < -0.4 is 25.7 Å². The first-order valence-electron chi connectivity index (χ1n) is 15.8. The molecule has 49 heavy (non-hydrogen) atoms. The Bertz CT molecular complexity index is 1540. The van der Waals surface area contributed by atoms with Gasteiger partial charge in [-0.15, -0.1) is 0 Å². The van der Waals surface area contributed by atoms with Crippen LogP contribution in [0, 0.1) is 0 Å². The van der Waals surface area contributed by atoms with Gasteiger partial charge in [-0.1, -0.05) is 12.1 Å². The standard InChI is InChI=1S/C36H41F3N2O8/c1-45-32-23-26(12-15-31(32)46-18-8-4-5-17-36(37,38)39)35(44)49-30-13-9-25(10-14-30)11-16-33(42)47-19-6-2-3-7-20-48-34(43)27-21-28(40)24-29(41)22-27/h9-16,21-24H,2-8,17-20,40-41H2,1H3. The zero-order valence-corrected chi connectivity index (χ0v) is 27.3. The van der Waals surface area contributed by atoms with E-state index in [1.54, 1.807) is 42.5 Å². The number of alkyl halides is 3. The Morgan fingerprint density at radius 1 is 0.694 bits per heavy atom. The van der Waals surface area contributed by atoms with Crippen molar-refractivity contribution >= 4 is 35.4 Å². The molecule has 0 aliphatic rings. The number of anilines is 2. The molecule has 3 aromatic rings. The van der Waals surface area contributed by atoms with Crippen molar-refractivity contribution in [2.75, 3.05) is 38.4 Å². The number of halogens is 3. The fraction of sp³-hybridized carbons (Fsp3) is 0.361. The SMILES string of the molecule is COc1cc(C(=O)Oc2ccc(C=CC(=O)OCCCCCCOC(=O)c3cc(N)cc(N)c3)cc2)ccc1OCCCCCC(F)(F)F. The van der Waals surface area contributed by atoms with Crippen molar-refractivity contribution in [3.8, 4) is 17.2 Å². The quantitative estimate of drug-likeness (QED) is 0.0425. The molecule has 264 valence electrons. The van der Waals surface area contributed by atoms with Gasteiger partial charge in [0.1, 0.15) is 5.75 Å². The summed E-state index contributed by atoms with van der Waals surface area (Å²) in [6.45, 7) is 0.723. The molecule has 0 aliphatic heterocycles. The normalized spacial score (nSPS) is 11.3. The van der Waals surface area contributed by atoms with Crippen LogP contribution in [0.2, 0.25) is 0 Å². The predicted molar refractivity (Wildman–Crippen MR) is 178 cm³/mol. The molecule has 10 nitrogen and oxygen atoms in total.